The smallest absolute Gasteiger partial charge is 0.255 e. The number of hydrogen-bond donors (Lipinski definition) is 2. The first-order valence-corrected chi connectivity index (χ1v) is 12.4. The minimum atomic E-state index is -0.656. The molecule has 9 heteroatoms. The summed E-state index contributed by atoms with van der Waals surface area (Å²) in [5, 5.41) is 6.28. The standard InChI is InChI=1S/C25H27Cl2FN4O2/c1-3-34-20-13-19-18(12-15(20)23(33)29-14-6-8-25(9-7-14)10-11-25)30-24(32(19)2)31-22-17(27)5-4-16(26)21(22)28/h4-5,12-14H,3,6-11H2,1-2H3,(H,29,33)(H,30,31). The van der Waals surface area contributed by atoms with E-state index in [1.807, 2.05) is 6.92 Å². The van der Waals surface area contributed by atoms with Crippen LogP contribution in [0.15, 0.2) is 24.3 Å². The number of anilines is 2. The average Bonchev–Trinajstić information content (AvgIpc) is 3.51. The summed E-state index contributed by atoms with van der Waals surface area (Å²) in [4.78, 5) is 17.8. The normalized spacial score (nSPS) is 17.2. The highest BCUT2D eigenvalue weighted by Gasteiger charge is 2.44. The van der Waals surface area contributed by atoms with Crippen molar-refractivity contribution in [1.82, 2.24) is 14.9 Å². The molecule has 0 aliphatic heterocycles. The first kappa shape index (κ1) is 23.2. The average molecular weight is 505 g/mol. The fraction of sp³-hybridized carbons (Fsp3) is 0.440. The molecular weight excluding hydrogens is 478 g/mol. The van der Waals surface area contributed by atoms with Crippen LogP contribution >= 0.6 is 23.2 Å². The van der Waals surface area contributed by atoms with E-state index in [9.17, 15) is 9.18 Å². The van der Waals surface area contributed by atoms with Gasteiger partial charge in [0.2, 0.25) is 5.95 Å². The molecule has 0 atom stereocenters. The minimum absolute atomic E-state index is 0.0429. The van der Waals surface area contributed by atoms with Gasteiger partial charge < -0.3 is 19.9 Å². The summed E-state index contributed by atoms with van der Waals surface area (Å²) in [6.07, 6.45) is 7.07. The summed E-state index contributed by atoms with van der Waals surface area (Å²) >= 11 is 12.1. The van der Waals surface area contributed by atoms with E-state index in [2.05, 4.69) is 15.6 Å². The van der Waals surface area contributed by atoms with Crippen LogP contribution in [0.1, 0.15) is 55.8 Å². The Kier molecular flexibility index (Phi) is 6.10. The summed E-state index contributed by atoms with van der Waals surface area (Å²) in [6.45, 7) is 2.30. The number of aryl methyl sites for hydroxylation is 1. The van der Waals surface area contributed by atoms with E-state index in [4.69, 9.17) is 27.9 Å². The molecule has 2 aliphatic rings. The number of imidazole rings is 1. The lowest BCUT2D eigenvalue weighted by atomic mass is 9.83. The number of fused-ring (bicyclic) bond motifs is 1. The molecule has 2 aliphatic carbocycles. The van der Waals surface area contributed by atoms with Crippen LogP contribution in [0.4, 0.5) is 16.0 Å². The van der Waals surface area contributed by atoms with Crippen LogP contribution in [0.3, 0.4) is 0 Å². The van der Waals surface area contributed by atoms with Crippen molar-refractivity contribution in [3.8, 4) is 5.75 Å². The number of halogens is 3. The predicted molar refractivity (Wildman–Crippen MR) is 133 cm³/mol. The van der Waals surface area contributed by atoms with Crippen LogP contribution in [-0.4, -0.2) is 28.1 Å². The SMILES string of the molecule is CCOc1cc2c(cc1C(=O)NC1CCC3(CC1)CC3)nc(Nc1c(Cl)ccc(Cl)c1F)n2C. The minimum Gasteiger partial charge on any atom is -0.493 e. The van der Waals surface area contributed by atoms with E-state index in [-0.39, 0.29) is 27.7 Å². The van der Waals surface area contributed by atoms with Crippen molar-refractivity contribution >= 4 is 51.8 Å². The van der Waals surface area contributed by atoms with Crippen molar-refractivity contribution in [2.75, 3.05) is 11.9 Å². The molecule has 180 valence electrons. The van der Waals surface area contributed by atoms with Gasteiger partial charge in [-0.05, 0) is 69.1 Å². The van der Waals surface area contributed by atoms with E-state index in [1.165, 1.54) is 37.8 Å². The molecule has 5 rings (SSSR count). The fourth-order valence-electron chi connectivity index (χ4n) is 4.85. The maximum atomic E-state index is 14.6. The molecule has 0 unspecified atom stereocenters. The predicted octanol–water partition coefficient (Wildman–Crippen LogP) is 6.61. The molecule has 2 saturated carbocycles. The van der Waals surface area contributed by atoms with Gasteiger partial charge in [0.15, 0.2) is 5.82 Å². The molecule has 34 heavy (non-hydrogen) atoms. The summed E-state index contributed by atoms with van der Waals surface area (Å²) in [6, 6.07) is 6.61. The molecule has 3 aromatic rings. The van der Waals surface area contributed by atoms with Gasteiger partial charge in [0.1, 0.15) is 5.75 Å². The number of aromatic nitrogens is 2. The molecule has 1 spiro atoms. The Labute approximate surface area is 207 Å². The van der Waals surface area contributed by atoms with E-state index in [1.54, 1.807) is 23.7 Å². The second-order valence-corrected chi connectivity index (χ2v) is 10.2. The molecule has 1 aromatic heterocycles. The number of carbonyl (C=O) groups is 1. The summed E-state index contributed by atoms with van der Waals surface area (Å²) < 4.78 is 22.1. The van der Waals surface area contributed by atoms with E-state index >= 15 is 0 Å². The van der Waals surface area contributed by atoms with Gasteiger partial charge in [0.25, 0.3) is 5.91 Å². The molecule has 1 amide bonds. The van der Waals surface area contributed by atoms with Crippen LogP contribution in [0.5, 0.6) is 5.75 Å². The van der Waals surface area contributed by atoms with Crippen molar-refractivity contribution in [2.24, 2.45) is 12.5 Å². The zero-order valence-corrected chi connectivity index (χ0v) is 20.7. The van der Waals surface area contributed by atoms with Gasteiger partial charge in [-0.1, -0.05) is 23.2 Å². The van der Waals surface area contributed by atoms with Gasteiger partial charge in [0.05, 0.1) is 38.9 Å². The topological polar surface area (TPSA) is 68.2 Å². The van der Waals surface area contributed by atoms with Crippen molar-refractivity contribution < 1.29 is 13.9 Å². The van der Waals surface area contributed by atoms with E-state index in [0.29, 0.717) is 34.8 Å². The molecule has 0 radical (unpaired) electrons. The maximum Gasteiger partial charge on any atom is 0.255 e. The molecule has 0 bridgehead atoms. The fourth-order valence-corrected chi connectivity index (χ4v) is 5.20. The zero-order chi connectivity index (χ0) is 24.0. The first-order chi connectivity index (χ1) is 16.3. The highest BCUT2D eigenvalue weighted by molar-refractivity contribution is 6.35. The number of rotatable bonds is 6. The summed E-state index contributed by atoms with van der Waals surface area (Å²) in [5.41, 5.74) is 2.37. The van der Waals surface area contributed by atoms with Gasteiger partial charge in [-0.25, -0.2) is 9.37 Å². The van der Waals surface area contributed by atoms with Gasteiger partial charge in [-0.2, -0.15) is 0 Å². The maximum absolute atomic E-state index is 14.6. The van der Waals surface area contributed by atoms with Crippen LogP contribution in [-0.2, 0) is 7.05 Å². The van der Waals surface area contributed by atoms with E-state index < -0.39 is 5.82 Å². The number of nitrogens with one attached hydrogen (secondary N) is 2. The number of nitrogens with zero attached hydrogens (tertiary/aromatic N) is 2. The lowest BCUT2D eigenvalue weighted by Crippen LogP contribution is -2.38. The number of benzene rings is 2. The highest BCUT2D eigenvalue weighted by atomic mass is 35.5. The Hall–Kier alpha value is -2.51. The zero-order valence-electron chi connectivity index (χ0n) is 19.2. The number of hydrogen-bond acceptors (Lipinski definition) is 4. The van der Waals surface area contributed by atoms with Crippen molar-refractivity contribution in [1.29, 1.82) is 0 Å². The van der Waals surface area contributed by atoms with Gasteiger partial charge in [-0.15, -0.1) is 0 Å². The van der Waals surface area contributed by atoms with Gasteiger partial charge in [0, 0.05) is 19.2 Å². The number of carbonyl (C=O) groups excluding carboxylic acids is 1. The number of ether oxygens (including phenoxy) is 1. The van der Waals surface area contributed by atoms with Crippen molar-refractivity contribution in [3.05, 3.63) is 45.7 Å². The third-order valence-corrected chi connectivity index (χ3v) is 7.75. The van der Waals surface area contributed by atoms with Crippen LogP contribution in [0.25, 0.3) is 11.0 Å². The highest BCUT2D eigenvalue weighted by Crippen LogP contribution is 2.56. The number of amides is 1. The molecule has 2 aromatic carbocycles. The Morgan fingerprint density at radius 3 is 2.59 bits per heavy atom. The van der Waals surface area contributed by atoms with Gasteiger partial charge >= 0.3 is 0 Å². The van der Waals surface area contributed by atoms with Crippen LogP contribution in [0.2, 0.25) is 10.0 Å². The lowest BCUT2D eigenvalue weighted by Gasteiger charge is -2.29. The first-order valence-electron chi connectivity index (χ1n) is 11.6. The largest absolute Gasteiger partial charge is 0.493 e. The third kappa shape index (κ3) is 4.31. The molecule has 6 nitrogen and oxygen atoms in total. The Bertz CT molecular complexity index is 1260. The van der Waals surface area contributed by atoms with Gasteiger partial charge in [-0.3, -0.25) is 4.79 Å². The molecule has 0 saturated heterocycles. The molecular formula is C25H27Cl2FN4O2. The second kappa shape index (κ2) is 8.93. The lowest BCUT2D eigenvalue weighted by molar-refractivity contribution is 0.0916. The molecule has 1 heterocycles. The quantitative estimate of drug-likeness (QED) is 0.370. The molecule has 2 N–H and O–H groups in total. The summed E-state index contributed by atoms with van der Waals surface area (Å²) in [7, 11) is 1.79. The van der Waals surface area contributed by atoms with Crippen LogP contribution < -0.4 is 15.4 Å². The summed E-state index contributed by atoms with van der Waals surface area (Å²) in [5.74, 6) is 0.0338. The third-order valence-electron chi connectivity index (χ3n) is 7.15. The Balaban J connectivity index is 1.44. The monoisotopic (exact) mass is 504 g/mol. The van der Waals surface area contributed by atoms with Crippen molar-refractivity contribution in [2.45, 2.75) is 51.5 Å². The molecule has 2 fully saturated rings. The Morgan fingerprint density at radius 1 is 1.21 bits per heavy atom. The Morgan fingerprint density at radius 2 is 1.91 bits per heavy atom. The second-order valence-electron chi connectivity index (χ2n) is 9.36. The van der Waals surface area contributed by atoms with E-state index in [0.717, 1.165) is 18.4 Å². The van der Waals surface area contributed by atoms with Crippen LogP contribution in [0, 0.1) is 11.2 Å². The van der Waals surface area contributed by atoms with Crippen molar-refractivity contribution in [3.63, 3.8) is 0 Å².